The van der Waals surface area contributed by atoms with Gasteiger partial charge >= 0.3 is 0 Å². The largest absolute Gasteiger partial charge is 0.496 e. The van der Waals surface area contributed by atoms with Crippen LogP contribution in [0.5, 0.6) is 5.75 Å². The summed E-state index contributed by atoms with van der Waals surface area (Å²) >= 11 is 0. The van der Waals surface area contributed by atoms with Crippen LogP contribution in [0.15, 0.2) is 30.3 Å². The predicted molar refractivity (Wildman–Crippen MR) is 97.8 cm³/mol. The molecule has 0 amide bonds. The van der Waals surface area contributed by atoms with Gasteiger partial charge in [-0.25, -0.2) is 4.98 Å². The lowest BCUT2D eigenvalue weighted by molar-refractivity contribution is 0.410. The summed E-state index contributed by atoms with van der Waals surface area (Å²) in [6.07, 6.45) is 5.12. The average molecular weight is 326 g/mol. The highest BCUT2D eigenvalue weighted by Gasteiger charge is 2.13. The number of benzene rings is 1. The second-order valence-electron chi connectivity index (χ2n) is 6.26. The zero-order chi connectivity index (χ0) is 16.8. The van der Waals surface area contributed by atoms with E-state index in [1.807, 2.05) is 25.1 Å². The maximum absolute atomic E-state index is 5.40. The Morgan fingerprint density at radius 1 is 1.08 bits per heavy atom. The van der Waals surface area contributed by atoms with Gasteiger partial charge in [-0.2, -0.15) is 4.98 Å². The van der Waals surface area contributed by atoms with Crippen molar-refractivity contribution in [2.24, 2.45) is 0 Å². The van der Waals surface area contributed by atoms with Crippen LogP contribution in [0.4, 0.5) is 11.8 Å². The second-order valence-corrected chi connectivity index (χ2v) is 6.26. The molecule has 1 fully saturated rings. The fourth-order valence-electron chi connectivity index (χ4n) is 3.12. The Balaban J connectivity index is 1.73. The molecule has 0 spiro atoms. The molecule has 1 N–H and O–H groups in total. The summed E-state index contributed by atoms with van der Waals surface area (Å²) in [5, 5.41) is 3.34. The molecule has 1 aliphatic rings. The van der Waals surface area contributed by atoms with E-state index in [0.29, 0.717) is 12.5 Å². The molecule has 0 aliphatic carbocycles. The highest BCUT2D eigenvalue weighted by atomic mass is 16.5. The van der Waals surface area contributed by atoms with Crippen molar-refractivity contribution in [2.45, 2.75) is 39.2 Å². The van der Waals surface area contributed by atoms with E-state index in [1.165, 1.54) is 25.7 Å². The van der Waals surface area contributed by atoms with Crippen molar-refractivity contribution in [3.63, 3.8) is 0 Å². The number of anilines is 2. The summed E-state index contributed by atoms with van der Waals surface area (Å²) in [4.78, 5) is 11.7. The van der Waals surface area contributed by atoms with Crippen LogP contribution in [0.1, 0.15) is 36.9 Å². The molecule has 1 saturated heterocycles. The number of nitrogens with zero attached hydrogens (tertiary/aromatic N) is 3. The Morgan fingerprint density at radius 2 is 1.83 bits per heavy atom. The van der Waals surface area contributed by atoms with Gasteiger partial charge in [0.1, 0.15) is 11.6 Å². The van der Waals surface area contributed by atoms with Crippen LogP contribution in [0.2, 0.25) is 0 Å². The van der Waals surface area contributed by atoms with E-state index in [4.69, 9.17) is 9.72 Å². The van der Waals surface area contributed by atoms with E-state index in [-0.39, 0.29) is 0 Å². The zero-order valence-corrected chi connectivity index (χ0v) is 14.6. The zero-order valence-electron chi connectivity index (χ0n) is 14.6. The molecule has 1 aromatic carbocycles. The lowest BCUT2D eigenvalue weighted by atomic mass is 10.2. The lowest BCUT2D eigenvalue weighted by Gasteiger charge is -2.22. The first-order valence-electron chi connectivity index (χ1n) is 8.72. The standard InChI is InChI=1S/C19H26N4O/c1-15-13-18(23-11-7-3-4-8-12-23)22-19(21-15)20-14-16-9-5-6-10-17(16)24-2/h5-6,9-10,13H,3-4,7-8,11-12,14H2,1-2H3,(H,20,21,22). The normalized spacial score (nSPS) is 15.0. The molecule has 0 atom stereocenters. The first-order valence-corrected chi connectivity index (χ1v) is 8.72. The molecule has 5 nitrogen and oxygen atoms in total. The lowest BCUT2D eigenvalue weighted by Crippen LogP contribution is -2.25. The summed E-state index contributed by atoms with van der Waals surface area (Å²) < 4.78 is 5.40. The van der Waals surface area contributed by atoms with Gasteiger partial charge in [-0.15, -0.1) is 0 Å². The van der Waals surface area contributed by atoms with Crippen molar-refractivity contribution in [3.05, 3.63) is 41.6 Å². The van der Waals surface area contributed by atoms with Gasteiger partial charge < -0.3 is 15.0 Å². The van der Waals surface area contributed by atoms with Gasteiger partial charge in [-0.1, -0.05) is 31.0 Å². The quantitative estimate of drug-likeness (QED) is 0.906. The topological polar surface area (TPSA) is 50.3 Å². The maximum atomic E-state index is 5.40. The van der Waals surface area contributed by atoms with Crippen molar-refractivity contribution < 1.29 is 4.74 Å². The number of rotatable bonds is 5. The van der Waals surface area contributed by atoms with E-state index in [1.54, 1.807) is 7.11 Å². The smallest absolute Gasteiger partial charge is 0.225 e. The minimum Gasteiger partial charge on any atom is -0.496 e. The Morgan fingerprint density at radius 3 is 2.58 bits per heavy atom. The highest BCUT2D eigenvalue weighted by Crippen LogP contribution is 2.21. The minimum absolute atomic E-state index is 0.646. The fraction of sp³-hybridized carbons (Fsp3) is 0.474. The van der Waals surface area contributed by atoms with Gasteiger partial charge in [0.15, 0.2) is 0 Å². The van der Waals surface area contributed by atoms with Gasteiger partial charge in [0, 0.05) is 37.0 Å². The summed E-state index contributed by atoms with van der Waals surface area (Å²) in [5.41, 5.74) is 2.09. The maximum Gasteiger partial charge on any atom is 0.225 e. The number of aromatic nitrogens is 2. The van der Waals surface area contributed by atoms with Crippen molar-refractivity contribution in [1.29, 1.82) is 0 Å². The molecule has 24 heavy (non-hydrogen) atoms. The Kier molecular flexibility index (Phi) is 5.51. The van der Waals surface area contributed by atoms with Crippen LogP contribution in [-0.4, -0.2) is 30.2 Å². The Bertz CT molecular complexity index is 666. The molecule has 5 heteroatoms. The number of aryl methyl sites for hydroxylation is 1. The van der Waals surface area contributed by atoms with Crippen LogP contribution in [0, 0.1) is 6.92 Å². The van der Waals surface area contributed by atoms with Crippen LogP contribution in [0.25, 0.3) is 0 Å². The molecular weight excluding hydrogens is 300 g/mol. The molecule has 0 unspecified atom stereocenters. The van der Waals surface area contributed by atoms with E-state index in [2.05, 4.69) is 27.3 Å². The average Bonchev–Trinajstić information content (AvgIpc) is 2.89. The Hall–Kier alpha value is -2.30. The SMILES string of the molecule is COc1ccccc1CNc1nc(C)cc(N2CCCCCC2)n1. The molecule has 128 valence electrons. The number of nitrogens with one attached hydrogen (secondary N) is 1. The molecule has 2 aromatic rings. The second kappa shape index (κ2) is 7.99. The van der Waals surface area contributed by atoms with E-state index in [0.717, 1.165) is 35.9 Å². The molecular formula is C19H26N4O. The summed E-state index contributed by atoms with van der Waals surface area (Å²) in [6.45, 7) is 4.84. The van der Waals surface area contributed by atoms with Crippen molar-refractivity contribution >= 4 is 11.8 Å². The van der Waals surface area contributed by atoms with Gasteiger partial charge in [0.05, 0.1) is 7.11 Å². The van der Waals surface area contributed by atoms with E-state index < -0.39 is 0 Å². The molecule has 0 radical (unpaired) electrons. The van der Waals surface area contributed by atoms with Gasteiger partial charge in [0.2, 0.25) is 5.95 Å². The molecule has 1 aromatic heterocycles. The van der Waals surface area contributed by atoms with Gasteiger partial charge in [0.25, 0.3) is 0 Å². The summed E-state index contributed by atoms with van der Waals surface area (Å²) in [5.74, 6) is 2.59. The predicted octanol–water partition coefficient (Wildman–Crippen LogP) is 3.79. The van der Waals surface area contributed by atoms with Gasteiger partial charge in [-0.3, -0.25) is 0 Å². The highest BCUT2D eigenvalue weighted by molar-refractivity contribution is 5.45. The van der Waals surface area contributed by atoms with Crippen LogP contribution in [0.3, 0.4) is 0 Å². The summed E-state index contributed by atoms with van der Waals surface area (Å²) in [6, 6.07) is 10.1. The number of methoxy groups -OCH3 is 1. The first kappa shape index (κ1) is 16.6. The molecule has 0 bridgehead atoms. The minimum atomic E-state index is 0.646. The fourth-order valence-corrected chi connectivity index (χ4v) is 3.12. The molecule has 3 rings (SSSR count). The molecule has 2 heterocycles. The number of hydrogen-bond donors (Lipinski definition) is 1. The van der Waals surface area contributed by atoms with Crippen LogP contribution in [-0.2, 0) is 6.54 Å². The number of ether oxygens (including phenoxy) is 1. The molecule has 1 aliphatic heterocycles. The van der Waals surface area contributed by atoms with E-state index in [9.17, 15) is 0 Å². The summed E-state index contributed by atoms with van der Waals surface area (Å²) in [7, 11) is 1.69. The third kappa shape index (κ3) is 4.16. The van der Waals surface area contributed by atoms with Crippen molar-refractivity contribution in [3.8, 4) is 5.75 Å². The molecule has 0 saturated carbocycles. The monoisotopic (exact) mass is 326 g/mol. The third-order valence-corrected chi connectivity index (χ3v) is 4.40. The first-order chi connectivity index (χ1) is 11.8. The Labute approximate surface area is 144 Å². The van der Waals surface area contributed by atoms with Crippen LogP contribution < -0.4 is 15.0 Å². The number of hydrogen-bond acceptors (Lipinski definition) is 5. The van der Waals surface area contributed by atoms with Gasteiger partial charge in [-0.05, 0) is 25.8 Å². The van der Waals surface area contributed by atoms with Crippen molar-refractivity contribution in [2.75, 3.05) is 30.4 Å². The number of para-hydroxylation sites is 1. The third-order valence-electron chi connectivity index (χ3n) is 4.40. The van der Waals surface area contributed by atoms with Crippen LogP contribution >= 0.6 is 0 Å². The van der Waals surface area contributed by atoms with Crippen molar-refractivity contribution in [1.82, 2.24) is 9.97 Å². The van der Waals surface area contributed by atoms with E-state index >= 15 is 0 Å².